The van der Waals surface area contributed by atoms with Crippen molar-refractivity contribution in [2.45, 2.75) is 69.3 Å². The first-order valence-corrected chi connectivity index (χ1v) is 20.8. The van der Waals surface area contributed by atoms with E-state index in [-0.39, 0.29) is 50.6 Å². The van der Waals surface area contributed by atoms with Crippen LogP contribution in [0.2, 0.25) is 0 Å². The number of fused-ring (bicyclic) bond motifs is 2. The number of carbonyl (C=O) groups is 1. The number of aliphatic hydroxyl groups excluding tert-OH is 2. The van der Waals surface area contributed by atoms with Crippen molar-refractivity contribution in [3.05, 3.63) is 139 Å². The summed E-state index contributed by atoms with van der Waals surface area (Å²) >= 11 is 0. The van der Waals surface area contributed by atoms with Gasteiger partial charge in [0.05, 0.1) is 25.3 Å². The molecule has 7 rings (SSSR count). The van der Waals surface area contributed by atoms with E-state index in [9.17, 15) is 15.0 Å². The molecule has 0 saturated heterocycles. The van der Waals surface area contributed by atoms with Crippen molar-refractivity contribution in [3.63, 3.8) is 0 Å². The SMILES string of the molecule is C=CCO[C@@]12Oc3ccc(Oc4ccc(-c5ccccc5)cc4)cc3[C@H]3[C@H](CCCCO)[C@@H](CCCCO)C=C(C(=NOCc4ccccc4)C[C@@H]1N(C)C(=O)OC)[C@H]32. The summed E-state index contributed by atoms with van der Waals surface area (Å²) in [5, 5.41) is 24.6. The molecular formula is C49H56N2O8. The van der Waals surface area contributed by atoms with Gasteiger partial charge in [0.2, 0.25) is 5.79 Å². The number of ether oxygens (including phenoxy) is 4. The molecule has 0 spiro atoms. The zero-order valence-electron chi connectivity index (χ0n) is 34.1. The van der Waals surface area contributed by atoms with Crippen molar-refractivity contribution in [2.75, 3.05) is 34.0 Å². The van der Waals surface area contributed by atoms with Crippen molar-refractivity contribution >= 4 is 11.8 Å². The first kappa shape index (κ1) is 41.7. The number of nitrogens with zero attached hydrogens (tertiary/aromatic N) is 2. The quantitative estimate of drug-likeness (QED) is 0.0580. The number of oxime groups is 1. The Balaban J connectivity index is 1.37. The second-order valence-corrected chi connectivity index (χ2v) is 15.6. The number of benzene rings is 4. The van der Waals surface area contributed by atoms with Crippen LogP contribution < -0.4 is 9.47 Å². The molecule has 6 atom stereocenters. The van der Waals surface area contributed by atoms with Crippen molar-refractivity contribution in [1.82, 2.24) is 4.90 Å². The van der Waals surface area contributed by atoms with Crippen LogP contribution in [-0.4, -0.2) is 72.7 Å². The number of aliphatic hydroxyl groups is 2. The van der Waals surface area contributed by atoms with Crippen LogP contribution in [0.4, 0.5) is 4.79 Å². The zero-order valence-corrected chi connectivity index (χ0v) is 34.1. The zero-order chi connectivity index (χ0) is 41.2. The van der Waals surface area contributed by atoms with E-state index in [4.69, 9.17) is 28.9 Å². The molecule has 0 aromatic heterocycles. The van der Waals surface area contributed by atoms with E-state index in [1.54, 1.807) is 18.0 Å². The normalized spacial score (nSPS) is 23.6. The molecule has 3 aliphatic rings. The first-order valence-electron chi connectivity index (χ1n) is 20.8. The van der Waals surface area contributed by atoms with Crippen LogP contribution in [0.15, 0.2) is 133 Å². The lowest BCUT2D eigenvalue weighted by Gasteiger charge is -2.59. The van der Waals surface area contributed by atoms with E-state index < -0.39 is 23.8 Å². The van der Waals surface area contributed by atoms with Gasteiger partial charge in [-0.05, 0) is 90.1 Å². The van der Waals surface area contributed by atoms with Gasteiger partial charge >= 0.3 is 6.09 Å². The Morgan fingerprint density at radius 2 is 1.58 bits per heavy atom. The summed E-state index contributed by atoms with van der Waals surface area (Å²) in [4.78, 5) is 21.2. The average Bonchev–Trinajstić information content (AvgIpc) is 3.27. The summed E-state index contributed by atoms with van der Waals surface area (Å²) in [7, 11) is 3.08. The highest BCUT2D eigenvalue weighted by atomic mass is 16.7. The number of hydrogen-bond donors (Lipinski definition) is 2. The van der Waals surface area contributed by atoms with Gasteiger partial charge in [-0.3, -0.25) is 0 Å². The first-order chi connectivity index (χ1) is 28.9. The van der Waals surface area contributed by atoms with Crippen LogP contribution in [0.3, 0.4) is 0 Å². The third-order valence-corrected chi connectivity index (χ3v) is 12.0. The third kappa shape index (κ3) is 9.10. The van der Waals surface area contributed by atoms with Crippen molar-refractivity contribution < 1.29 is 38.8 Å². The lowest BCUT2D eigenvalue weighted by Crippen LogP contribution is -2.69. The largest absolute Gasteiger partial charge is 0.459 e. The molecule has 0 unspecified atom stereocenters. The van der Waals surface area contributed by atoms with E-state index in [1.165, 1.54) is 7.11 Å². The van der Waals surface area contributed by atoms with Gasteiger partial charge in [-0.1, -0.05) is 103 Å². The van der Waals surface area contributed by atoms with Gasteiger partial charge in [-0.25, -0.2) is 4.79 Å². The van der Waals surface area contributed by atoms with E-state index in [1.807, 2.05) is 72.8 Å². The highest BCUT2D eigenvalue weighted by Gasteiger charge is 2.65. The second kappa shape index (κ2) is 19.6. The predicted octanol–water partition coefficient (Wildman–Crippen LogP) is 9.68. The smallest absolute Gasteiger partial charge is 0.409 e. The number of hydrogen-bond acceptors (Lipinski definition) is 9. The van der Waals surface area contributed by atoms with Crippen LogP contribution in [-0.2, 0) is 20.9 Å². The molecule has 4 aromatic carbocycles. The molecule has 0 bridgehead atoms. The molecule has 1 fully saturated rings. The molecular weight excluding hydrogens is 745 g/mol. The average molecular weight is 801 g/mol. The molecule has 1 amide bonds. The Kier molecular flexibility index (Phi) is 13.8. The van der Waals surface area contributed by atoms with Gasteiger partial charge in [0, 0.05) is 38.2 Å². The minimum atomic E-state index is -1.36. The lowest BCUT2D eigenvalue weighted by atomic mass is 9.55. The summed E-state index contributed by atoms with van der Waals surface area (Å²) in [5.41, 5.74) is 5.87. The maximum atomic E-state index is 13.5. The van der Waals surface area contributed by atoms with Crippen LogP contribution in [0.25, 0.3) is 11.1 Å². The van der Waals surface area contributed by atoms with Crippen molar-refractivity contribution in [2.24, 2.45) is 22.9 Å². The highest BCUT2D eigenvalue weighted by Crippen LogP contribution is 2.62. The van der Waals surface area contributed by atoms with Crippen LogP contribution in [0.1, 0.15) is 62.0 Å². The number of allylic oxidation sites excluding steroid dienone is 1. The van der Waals surface area contributed by atoms with E-state index in [2.05, 4.69) is 43.0 Å². The summed E-state index contributed by atoms with van der Waals surface area (Å²) in [6.07, 6.45) is 8.48. The fraction of sp³-hybridized carbons (Fsp3) is 0.388. The fourth-order valence-corrected chi connectivity index (χ4v) is 9.30. The van der Waals surface area contributed by atoms with Gasteiger partial charge in [-0.15, -0.1) is 6.58 Å². The van der Waals surface area contributed by atoms with Gasteiger partial charge in [0.1, 0.15) is 29.9 Å². The third-order valence-electron chi connectivity index (χ3n) is 12.0. The second-order valence-electron chi connectivity index (χ2n) is 15.6. The molecule has 2 N–H and O–H groups in total. The molecule has 1 heterocycles. The van der Waals surface area contributed by atoms with Crippen molar-refractivity contribution in [3.8, 4) is 28.4 Å². The molecule has 1 aliphatic heterocycles. The Bertz CT molecular complexity index is 2070. The van der Waals surface area contributed by atoms with Crippen LogP contribution in [0.5, 0.6) is 17.2 Å². The van der Waals surface area contributed by atoms with E-state index in [0.717, 1.165) is 53.5 Å². The predicted molar refractivity (Wildman–Crippen MR) is 228 cm³/mol. The molecule has 10 heteroatoms. The van der Waals surface area contributed by atoms with Crippen molar-refractivity contribution in [1.29, 1.82) is 0 Å². The van der Waals surface area contributed by atoms with Crippen LogP contribution >= 0.6 is 0 Å². The Morgan fingerprint density at radius 1 is 0.898 bits per heavy atom. The molecule has 1 saturated carbocycles. The number of carbonyl (C=O) groups excluding carboxylic acids is 1. The van der Waals surface area contributed by atoms with Gasteiger partial charge in [0.25, 0.3) is 0 Å². The van der Waals surface area contributed by atoms with Crippen LogP contribution in [0, 0.1) is 17.8 Å². The molecule has 0 radical (unpaired) electrons. The maximum absolute atomic E-state index is 13.5. The minimum absolute atomic E-state index is 0.0809. The molecule has 2 aliphatic carbocycles. The highest BCUT2D eigenvalue weighted by molar-refractivity contribution is 6.03. The molecule has 10 nitrogen and oxygen atoms in total. The number of likely N-dealkylation sites (N-methyl/N-ethyl adjacent to an activating group) is 1. The summed E-state index contributed by atoms with van der Waals surface area (Å²) in [5.74, 6) is 0.223. The van der Waals surface area contributed by atoms with E-state index >= 15 is 0 Å². The molecule has 4 aromatic rings. The fourth-order valence-electron chi connectivity index (χ4n) is 9.30. The van der Waals surface area contributed by atoms with E-state index in [0.29, 0.717) is 35.8 Å². The summed E-state index contributed by atoms with van der Waals surface area (Å²) in [6, 6.07) is 33.5. The standard InChI is InChI=1S/C49H56N2O8/c1-4-29-56-49-45(51(2)48(54)55-3)32-43(50-57-33-34-15-7-5-8-16-34)41-30-37(19-11-13-27-52)40(20-12-14-28-53)46(47(41)49)42-31-39(25-26-44(42)59-49)58-38-23-21-36(22-24-38)35-17-9-6-10-18-35/h4-10,15-18,21-26,30-31,37,40,45-47,52-53H,1,11-14,19-20,27-29,32-33H2,2-3H3/t37-,40+,45-,46+,47+,49+/m0/s1. The lowest BCUT2D eigenvalue weighted by molar-refractivity contribution is -0.253. The monoisotopic (exact) mass is 800 g/mol. The number of unbranched alkanes of at least 4 members (excludes halogenated alkanes) is 2. The summed E-state index contributed by atoms with van der Waals surface area (Å²) < 4.78 is 26.0. The number of methoxy groups -OCH3 is 1. The van der Waals surface area contributed by atoms with Gasteiger partial charge in [-0.2, -0.15) is 0 Å². The Morgan fingerprint density at radius 3 is 2.27 bits per heavy atom. The number of rotatable bonds is 18. The topological polar surface area (TPSA) is 119 Å². The summed E-state index contributed by atoms with van der Waals surface area (Å²) in [6.45, 7) is 4.66. The maximum Gasteiger partial charge on any atom is 0.409 e. The Hall–Kier alpha value is -5.42. The Labute approximate surface area is 347 Å². The molecule has 59 heavy (non-hydrogen) atoms. The van der Waals surface area contributed by atoms with Gasteiger partial charge < -0.3 is 38.9 Å². The molecule has 310 valence electrons. The van der Waals surface area contributed by atoms with Gasteiger partial charge in [0.15, 0.2) is 0 Å². The number of amides is 1. The minimum Gasteiger partial charge on any atom is -0.459 e.